The summed E-state index contributed by atoms with van der Waals surface area (Å²) in [6, 6.07) is 0.358. The molecule has 4 nitrogen and oxygen atoms in total. The molecule has 1 rings (SSSR count). The Bertz CT molecular complexity index is 233. The van der Waals surface area contributed by atoms with E-state index in [1.54, 1.807) is 0 Å². The fourth-order valence-electron chi connectivity index (χ4n) is 2.27. The van der Waals surface area contributed by atoms with Gasteiger partial charge in [0.25, 0.3) is 0 Å². The summed E-state index contributed by atoms with van der Waals surface area (Å²) in [6.07, 6.45) is 3.72. The minimum Gasteiger partial charge on any atom is -0.381 e. The van der Waals surface area contributed by atoms with E-state index >= 15 is 0 Å². The van der Waals surface area contributed by atoms with Crippen LogP contribution in [-0.4, -0.2) is 43.2 Å². The molecule has 1 aliphatic heterocycles. The van der Waals surface area contributed by atoms with Crippen molar-refractivity contribution in [2.24, 2.45) is 11.7 Å². The van der Waals surface area contributed by atoms with Gasteiger partial charge in [-0.2, -0.15) is 0 Å². The van der Waals surface area contributed by atoms with E-state index in [1.807, 2.05) is 4.90 Å². The Morgan fingerprint density at radius 3 is 2.82 bits per heavy atom. The minimum atomic E-state index is 0.215. The number of hydrogen-bond acceptors (Lipinski definition) is 3. The summed E-state index contributed by atoms with van der Waals surface area (Å²) in [5.74, 6) is 0.693. The number of piperidine rings is 1. The van der Waals surface area contributed by atoms with Gasteiger partial charge in [-0.25, -0.2) is 0 Å². The second-order valence-electron chi connectivity index (χ2n) is 4.94. The largest absolute Gasteiger partial charge is 0.381 e. The molecule has 0 spiro atoms. The molecule has 1 fully saturated rings. The van der Waals surface area contributed by atoms with Gasteiger partial charge in [0.05, 0.1) is 13.0 Å². The average Bonchev–Trinajstić information content (AvgIpc) is 2.35. The van der Waals surface area contributed by atoms with Gasteiger partial charge in [0, 0.05) is 19.2 Å². The van der Waals surface area contributed by atoms with Crippen LogP contribution in [0.15, 0.2) is 0 Å². The first-order valence-corrected chi connectivity index (χ1v) is 6.76. The third kappa shape index (κ3) is 4.64. The summed E-state index contributed by atoms with van der Waals surface area (Å²) in [6.45, 7) is 6.99. The Morgan fingerprint density at radius 1 is 1.41 bits per heavy atom. The number of likely N-dealkylation sites (tertiary alicyclic amines) is 1. The molecule has 2 N–H and O–H groups in total. The van der Waals surface area contributed by atoms with Crippen LogP contribution in [0.5, 0.6) is 0 Å². The Kier molecular flexibility index (Phi) is 6.52. The molecule has 1 heterocycles. The molecular weight excluding hydrogens is 216 g/mol. The lowest BCUT2D eigenvalue weighted by Gasteiger charge is -2.37. The van der Waals surface area contributed by atoms with E-state index in [0.717, 1.165) is 32.4 Å². The van der Waals surface area contributed by atoms with Gasteiger partial charge in [-0.15, -0.1) is 0 Å². The molecule has 0 aromatic carbocycles. The standard InChI is InChI=1S/C13H26N2O2/c1-3-7-17-8-6-13(16)15-10-12(9-14)5-4-11(15)2/h11-12H,3-10,14H2,1-2H3. The Morgan fingerprint density at radius 2 is 2.18 bits per heavy atom. The van der Waals surface area contributed by atoms with Crippen molar-refractivity contribution < 1.29 is 9.53 Å². The molecule has 0 aromatic heterocycles. The van der Waals surface area contributed by atoms with Crippen LogP contribution >= 0.6 is 0 Å². The molecule has 0 aromatic rings. The molecule has 4 heteroatoms. The predicted octanol–water partition coefficient (Wildman–Crippen LogP) is 1.39. The van der Waals surface area contributed by atoms with Crippen LogP contribution in [-0.2, 0) is 9.53 Å². The third-order valence-electron chi connectivity index (χ3n) is 3.44. The van der Waals surface area contributed by atoms with Crippen molar-refractivity contribution in [2.75, 3.05) is 26.3 Å². The molecule has 1 aliphatic rings. The summed E-state index contributed by atoms with van der Waals surface area (Å²) in [5.41, 5.74) is 5.69. The van der Waals surface area contributed by atoms with E-state index in [4.69, 9.17) is 10.5 Å². The molecule has 2 atom stereocenters. The monoisotopic (exact) mass is 242 g/mol. The second-order valence-corrected chi connectivity index (χ2v) is 4.94. The topological polar surface area (TPSA) is 55.6 Å². The lowest BCUT2D eigenvalue weighted by Crippen LogP contribution is -2.47. The van der Waals surface area contributed by atoms with Crippen LogP contribution in [0.4, 0.5) is 0 Å². The van der Waals surface area contributed by atoms with Crippen LogP contribution in [0, 0.1) is 5.92 Å². The maximum Gasteiger partial charge on any atom is 0.225 e. The maximum atomic E-state index is 12.0. The first-order valence-electron chi connectivity index (χ1n) is 6.76. The molecule has 17 heavy (non-hydrogen) atoms. The second kappa shape index (κ2) is 7.67. The molecule has 0 radical (unpaired) electrons. The van der Waals surface area contributed by atoms with Gasteiger partial charge in [0.2, 0.25) is 5.91 Å². The maximum absolute atomic E-state index is 12.0. The zero-order chi connectivity index (χ0) is 12.7. The van der Waals surface area contributed by atoms with E-state index in [9.17, 15) is 4.79 Å². The van der Waals surface area contributed by atoms with Crippen molar-refractivity contribution in [3.05, 3.63) is 0 Å². The number of carbonyl (C=O) groups excluding carboxylic acids is 1. The zero-order valence-corrected chi connectivity index (χ0v) is 11.2. The van der Waals surface area contributed by atoms with Crippen LogP contribution in [0.1, 0.15) is 39.5 Å². The van der Waals surface area contributed by atoms with E-state index < -0.39 is 0 Å². The first kappa shape index (κ1) is 14.5. The Labute approximate surface area is 104 Å². The number of nitrogens with zero attached hydrogens (tertiary/aromatic N) is 1. The summed E-state index contributed by atoms with van der Waals surface area (Å²) in [5, 5.41) is 0. The molecule has 100 valence electrons. The van der Waals surface area contributed by atoms with Gasteiger partial charge in [0.15, 0.2) is 0 Å². The number of nitrogens with two attached hydrogens (primary N) is 1. The first-order chi connectivity index (χ1) is 8.19. The lowest BCUT2D eigenvalue weighted by molar-refractivity contribution is -0.136. The Hall–Kier alpha value is -0.610. The SMILES string of the molecule is CCCOCCC(=O)N1CC(CN)CCC1C. The molecule has 1 saturated heterocycles. The molecule has 2 unspecified atom stereocenters. The summed E-state index contributed by atoms with van der Waals surface area (Å²) >= 11 is 0. The van der Waals surface area contributed by atoms with Gasteiger partial charge in [-0.1, -0.05) is 6.92 Å². The van der Waals surface area contributed by atoms with Gasteiger partial charge in [-0.05, 0) is 38.6 Å². The summed E-state index contributed by atoms with van der Waals surface area (Å²) < 4.78 is 5.36. The van der Waals surface area contributed by atoms with E-state index in [-0.39, 0.29) is 5.91 Å². The average molecular weight is 242 g/mol. The Balaban J connectivity index is 2.32. The van der Waals surface area contributed by atoms with Crippen LogP contribution in [0.2, 0.25) is 0 Å². The minimum absolute atomic E-state index is 0.215. The highest BCUT2D eigenvalue weighted by atomic mass is 16.5. The number of ether oxygens (including phenoxy) is 1. The van der Waals surface area contributed by atoms with Crippen molar-refractivity contribution in [1.29, 1.82) is 0 Å². The smallest absolute Gasteiger partial charge is 0.225 e. The van der Waals surface area contributed by atoms with E-state index in [1.165, 1.54) is 0 Å². The normalized spacial score (nSPS) is 25.0. The number of amides is 1. The molecule has 0 saturated carbocycles. The van der Waals surface area contributed by atoms with Gasteiger partial charge in [0.1, 0.15) is 0 Å². The molecule has 0 aliphatic carbocycles. The van der Waals surface area contributed by atoms with Crippen LogP contribution < -0.4 is 5.73 Å². The number of hydrogen-bond donors (Lipinski definition) is 1. The van der Waals surface area contributed by atoms with Crippen molar-refractivity contribution in [3.63, 3.8) is 0 Å². The molecule has 0 bridgehead atoms. The fraction of sp³-hybridized carbons (Fsp3) is 0.923. The van der Waals surface area contributed by atoms with Gasteiger partial charge in [-0.3, -0.25) is 4.79 Å². The van der Waals surface area contributed by atoms with Crippen molar-refractivity contribution in [1.82, 2.24) is 4.90 Å². The van der Waals surface area contributed by atoms with Crippen molar-refractivity contribution in [2.45, 2.75) is 45.6 Å². The predicted molar refractivity (Wildman–Crippen MR) is 68.7 cm³/mol. The number of rotatable bonds is 6. The van der Waals surface area contributed by atoms with Crippen molar-refractivity contribution in [3.8, 4) is 0 Å². The summed E-state index contributed by atoms with van der Waals surface area (Å²) in [4.78, 5) is 14.0. The summed E-state index contributed by atoms with van der Waals surface area (Å²) in [7, 11) is 0. The van der Waals surface area contributed by atoms with Crippen LogP contribution in [0.3, 0.4) is 0 Å². The highest BCUT2D eigenvalue weighted by molar-refractivity contribution is 5.76. The van der Waals surface area contributed by atoms with Gasteiger partial charge >= 0.3 is 0 Å². The zero-order valence-electron chi connectivity index (χ0n) is 11.2. The van der Waals surface area contributed by atoms with Crippen molar-refractivity contribution >= 4 is 5.91 Å². The van der Waals surface area contributed by atoms with E-state index in [2.05, 4.69) is 13.8 Å². The molecular formula is C13H26N2O2. The van der Waals surface area contributed by atoms with Crippen LogP contribution in [0.25, 0.3) is 0 Å². The highest BCUT2D eigenvalue weighted by Crippen LogP contribution is 2.21. The fourth-order valence-corrected chi connectivity index (χ4v) is 2.27. The number of carbonyl (C=O) groups is 1. The van der Waals surface area contributed by atoms with Gasteiger partial charge < -0.3 is 15.4 Å². The quantitative estimate of drug-likeness (QED) is 0.716. The van der Waals surface area contributed by atoms with E-state index in [0.29, 0.717) is 31.5 Å². The lowest BCUT2D eigenvalue weighted by atomic mass is 9.93. The highest BCUT2D eigenvalue weighted by Gasteiger charge is 2.27. The third-order valence-corrected chi connectivity index (χ3v) is 3.44. The molecule has 1 amide bonds.